The summed E-state index contributed by atoms with van der Waals surface area (Å²) < 4.78 is 41.5. The molecule has 7 atom stereocenters. The van der Waals surface area contributed by atoms with Crippen molar-refractivity contribution in [3.8, 4) is 0 Å². The molecule has 0 aromatic rings. The van der Waals surface area contributed by atoms with Crippen LogP contribution in [0.2, 0.25) is 0 Å². The molecule has 6 bridgehead atoms. The summed E-state index contributed by atoms with van der Waals surface area (Å²) in [5, 5.41) is 11.1. The standard InChI is InChI=1S/C37H62O10/c1-3-5-7-9-11-13-23-41-29(42-24-14-12-10-8-6-4-2)16-15-27(38)43-33-31-30(40)32-34(35(33)47-36(45-31)46-32)44-28(39)25-37-20-17-26(18-21-37)19-22-37/h26,29-36,40H,3-25H2,1-2H3/t26?,30-,31-,32+,33-,34-,35-,36+,37?/m0/s1. The van der Waals surface area contributed by atoms with Gasteiger partial charge in [0.25, 0.3) is 6.48 Å². The van der Waals surface area contributed by atoms with E-state index in [4.69, 9.17) is 33.2 Å². The molecular formula is C37H62O10. The van der Waals surface area contributed by atoms with Gasteiger partial charge >= 0.3 is 11.9 Å². The number of unbranched alkanes of at least 4 members (excludes halogenated alkanes) is 10. The van der Waals surface area contributed by atoms with Crippen LogP contribution in [-0.2, 0) is 42.7 Å². The van der Waals surface area contributed by atoms with E-state index in [0.29, 0.717) is 26.1 Å². The van der Waals surface area contributed by atoms with Crippen molar-refractivity contribution in [3.05, 3.63) is 0 Å². The maximum atomic E-state index is 13.3. The number of aliphatic hydroxyl groups excluding tert-OH is 1. The maximum Gasteiger partial charge on any atom is 0.306 e. The lowest BCUT2D eigenvalue weighted by Gasteiger charge is -2.57. The number of rotatable bonds is 23. The van der Waals surface area contributed by atoms with Gasteiger partial charge in [0, 0.05) is 19.6 Å². The molecule has 7 fully saturated rings. The molecule has 0 unspecified atom stereocenters. The highest BCUT2D eigenvalue weighted by molar-refractivity contribution is 5.71. The predicted molar refractivity (Wildman–Crippen MR) is 174 cm³/mol. The summed E-state index contributed by atoms with van der Waals surface area (Å²) in [4.78, 5) is 26.5. The quantitative estimate of drug-likeness (QED) is 0.0703. The zero-order chi connectivity index (χ0) is 33.1. The third kappa shape index (κ3) is 10.4. The van der Waals surface area contributed by atoms with Gasteiger partial charge in [0.05, 0.1) is 12.8 Å². The van der Waals surface area contributed by atoms with Crippen molar-refractivity contribution in [2.24, 2.45) is 11.3 Å². The van der Waals surface area contributed by atoms with Crippen LogP contribution in [-0.4, -0.2) is 79.6 Å². The summed E-state index contributed by atoms with van der Waals surface area (Å²) >= 11 is 0. The highest BCUT2D eigenvalue weighted by atomic mass is 16.9. The first-order valence-corrected chi connectivity index (χ1v) is 19.2. The number of ether oxygens (including phenoxy) is 7. The zero-order valence-corrected chi connectivity index (χ0v) is 29.1. The average Bonchev–Trinajstić information content (AvgIpc) is 3.07. The summed E-state index contributed by atoms with van der Waals surface area (Å²) in [6.07, 6.45) is 15.9. The third-order valence-corrected chi connectivity index (χ3v) is 11.3. The van der Waals surface area contributed by atoms with E-state index >= 15 is 0 Å². The van der Waals surface area contributed by atoms with Crippen molar-refractivity contribution in [3.63, 3.8) is 0 Å². The van der Waals surface area contributed by atoms with Crippen molar-refractivity contribution < 1.29 is 47.9 Å². The molecule has 4 aliphatic carbocycles. The van der Waals surface area contributed by atoms with Gasteiger partial charge in [-0.3, -0.25) is 9.59 Å². The fourth-order valence-electron chi connectivity index (χ4n) is 8.32. The van der Waals surface area contributed by atoms with Gasteiger partial charge in [0.15, 0.2) is 18.5 Å². The SMILES string of the molecule is CCCCCCCCOC(CCC(=O)O[C@@H]1[C@@H]2O[C@H]3O[C@H]([C@@H](O)[C@@H]1O3)[C@@H]2OC(=O)CC12CCC(CC1)CC2)OCCCCCCCC. The number of carbonyl (C=O) groups is 2. The van der Waals surface area contributed by atoms with Gasteiger partial charge in [0.2, 0.25) is 0 Å². The lowest BCUT2D eigenvalue weighted by atomic mass is 9.59. The van der Waals surface area contributed by atoms with Crippen molar-refractivity contribution in [1.82, 2.24) is 0 Å². The van der Waals surface area contributed by atoms with Gasteiger partial charge in [-0.1, -0.05) is 78.1 Å². The second-order valence-electron chi connectivity index (χ2n) is 14.9. The third-order valence-electron chi connectivity index (χ3n) is 11.3. The van der Waals surface area contributed by atoms with E-state index in [2.05, 4.69) is 13.8 Å². The molecule has 3 heterocycles. The number of esters is 2. The Kier molecular flexibility index (Phi) is 14.6. The minimum Gasteiger partial charge on any atom is -0.457 e. The fourth-order valence-corrected chi connectivity index (χ4v) is 8.32. The first-order chi connectivity index (χ1) is 22.9. The Morgan fingerprint density at radius 3 is 1.74 bits per heavy atom. The van der Waals surface area contributed by atoms with Crippen molar-refractivity contribution in [1.29, 1.82) is 0 Å². The molecule has 10 heteroatoms. The van der Waals surface area contributed by atoms with Crippen molar-refractivity contribution in [2.75, 3.05) is 13.2 Å². The molecule has 3 saturated heterocycles. The molecule has 1 N–H and O–H groups in total. The molecular weight excluding hydrogens is 604 g/mol. The summed E-state index contributed by atoms with van der Waals surface area (Å²) in [7, 11) is 0. The van der Waals surface area contributed by atoms with E-state index in [-0.39, 0.29) is 17.8 Å². The van der Waals surface area contributed by atoms with E-state index in [1.165, 1.54) is 70.6 Å². The smallest absolute Gasteiger partial charge is 0.306 e. The lowest BCUT2D eigenvalue weighted by molar-refractivity contribution is -0.480. The lowest BCUT2D eigenvalue weighted by Crippen LogP contribution is -2.76. The van der Waals surface area contributed by atoms with Crippen LogP contribution < -0.4 is 0 Å². The topological polar surface area (TPSA) is 119 Å². The summed E-state index contributed by atoms with van der Waals surface area (Å²) in [6, 6.07) is 0. The summed E-state index contributed by atoms with van der Waals surface area (Å²) in [6.45, 7) is 4.65. The molecule has 0 radical (unpaired) electrons. The molecule has 0 spiro atoms. The van der Waals surface area contributed by atoms with Crippen LogP contribution in [0.5, 0.6) is 0 Å². The summed E-state index contributed by atoms with van der Waals surface area (Å²) in [5.41, 5.74) is 0.0118. The Labute approximate surface area is 282 Å². The minimum atomic E-state index is -1.11. The number of carbonyl (C=O) groups excluding carboxylic acids is 2. The highest BCUT2D eigenvalue weighted by Gasteiger charge is 2.64. The van der Waals surface area contributed by atoms with Gasteiger partial charge in [0.1, 0.15) is 24.4 Å². The van der Waals surface area contributed by atoms with E-state index in [9.17, 15) is 14.7 Å². The van der Waals surface area contributed by atoms with E-state index in [0.717, 1.165) is 50.9 Å². The molecule has 270 valence electrons. The predicted octanol–water partition coefficient (Wildman–Crippen LogP) is 6.87. The Bertz CT molecular complexity index is 920. The molecule has 47 heavy (non-hydrogen) atoms. The van der Waals surface area contributed by atoms with Crippen LogP contribution in [0.1, 0.15) is 149 Å². The molecule has 0 amide bonds. The van der Waals surface area contributed by atoms with Crippen LogP contribution in [0, 0.1) is 11.3 Å². The number of fused-ring (bicyclic) bond motifs is 3. The monoisotopic (exact) mass is 666 g/mol. The minimum absolute atomic E-state index is 0.0118. The second-order valence-corrected chi connectivity index (χ2v) is 14.9. The fraction of sp³-hybridized carbons (Fsp3) is 0.946. The molecule has 3 aliphatic heterocycles. The molecule has 10 nitrogen and oxygen atoms in total. The number of hydrogen-bond acceptors (Lipinski definition) is 10. The zero-order valence-electron chi connectivity index (χ0n) is 29.1. The number of aliphatic hydroxyl groups is 1. The molecule has 7 rings (SSSR count). The first kappa shape index (κ1) is 37.0. The van der Waals surface area contributed by atoms with E-state index in [1.54, 1.807) is 0 Å². The van der Waals surface area contributed by atoms with Crippen LogP contribution in [0.3, 0.4) is 0 Å². The first-order valence-electron chi connectivity index (χ1n) is 19.2. The van der Waals surface area contributed by atoms with Gasteiger partial charge in [-0.25, -0.2) is 0 Å². The Hall–Kier alpha value is -1.30. The van der Waals surface area contributed by atoms with Gasteiger partial charge in [-0.15, -0.1) is 0 Å². The largest absolute Gasteiger partial charge is 0.457 e. The van der Waals surface area contributed by atoms with Gasteiger partial charge < -0.3 is 38.3 Å². The Morgan fingerprint density at radius 1 is 0.702 bits per heavy atom. The maximum absolute atomic E-state index is 13.3. The van der Waals surface area contributed by atoms with Crippen molar-refractivity contribution in [2.45, 2.75) is 198 Å². The van der Waals surface area contributed by atoms with E-state index < -0.39 is 55.4 Å². The summed E-state index contributed by atoms with van der Waals surface area (Å²) in [5.74, 6) is 0.0434. The second kappa shape index (κ2) is 18.6. The van der Waals surface area contributed by atoms with Crippen LogP contribution in [0.4, 0.5) is 0 Å². The Balaban J connectivity index is 1.10. The molecule has 0 aromatic carbocycles. The highest BCUT2D eigenvalue weighted by Crippen LogP contribution is 2.52. The number of hydrogen-bond donors (Lipinski definition) is 1. The van der Waals surface area contributed by atoms with Gasteiger partial charge in [-0.05, 0) is 62.7 Å². The van der Waals surface area contributed by atoms with Crippen LogP contribution >= 0.6 is 0 Å². The van der Waals surface area contributed by atoms with Crippen LogP contribution in [0.25, 0.3) is 0 Å². The Morgan fingerprint density at radius 2 is 1.19 bits per heavy atom. The molecule has 4 saturated carbocycles. The normalized spacial score (nSPS) is 33.9. The molecule has 7 aliphatic rings. The average molecular weight is 667 g/mol. The molecule has 0 aromatic heterocycles. The van der Waals surface area contributed by atoms with Crippen molar-refractivity contribution >= 4 is 11.9 Å². The van der Waals surface area contributed by atoms with E-state index in [1.807, 2.05) is 0 Å². The van der Waals surface area contributed by atoms with Gasteiger partial charge in [-0.2, -0.15) is 0 Å². The van der Waals surface area contributed by atoms with Crippen LogP contribution in [0.15, 0.2) is 0 Å².